The van der Waals surface area contributed by atoms with Gasteiger partial charge in [-0.1, -0.05) is 18.2 Å². The van der Waals surface area contributed by atoms with Crippen LogP contribution in [0.5, 0.6) is 0 Å². The zero-order valence-corrected chi connectivity index (χ0v) is 15.4. The van der Waals surface area contributed by atoms with Gasteiger partial charge in [-0.2, -0.15) is 0 Å². The Morgan fingerprint density at radius 2 is 1.93 bits per heavy atom. The summed E-state index contributed by atoms with van der Waals surface area (Å²) in [7, 11) is 0. The number of hydrogen-bond donors (Lipinski definition) is 2. The number of nitrogens with one attached hydrogen (secondary N) is 2. The Morgan fingerprint density at radius 3 is 2.70 bits per heavy atom. The summed E-state index contributed by atoms with van der Waals surface area (Å²) in [5.41, 5.74) is 3.60. The molecule has 4 rings (SSSR count). The lowest BCUT2D eigenvalue weighted by Crippen LogP contribution is -2.28. The van der Waals surface area contributed by atoms with E-state index in [9.17, 15) is 9.59 Å². The van der Waals surface area contributed by atoms with Crippen LogP contribution in [-0.4, -0.2) is 31.4 Å². The molecule has 2 aromatic rings. The normalized spacial score (nSPS) is 18.4. The van der Waals surface area contributed by atoms with Crippen LogP contribution in [0.4, 0.5) is 11.4 Å². The molecular formula is C22H25N3O2. The van der Waals surface area contributed by atoms with Crippen LogP contribution in [0.25, 0.3) is 0 Å². The molecular weight excluding hydrogens is 338 g/mol. The van der Waals surface area contributed by atoms with Gasteiger partial charge in [0, 0.05) is 29.9 Å². The lowest BCUT2D eigenvalue weighted by atomic mass is 10.0. The molecule has 0 aliphatic carbocycles. The molecule has 2 N–H and O–H groups in total. The fourth-order valence-electron chi connectivity index (χ4n) is 3.92. The van der Waals surface area contributed by atoms with Crippen molar-refractivity contribution in [3.05, 3.63) is 59.7 Å². The van der Waals surface area contributed by atoms with Crippen molar-refractivity contribution in [1.29, 1.82) is 0 Å². The third kappa shape index (κ3) is 4.03. The molecule has 5 heteroatoms. The highest BCUT2D eigenvalue weighted by Gasteiger charge is 2.25. The van der Waals surface area contributed by atoms with Crippen molar-refractivity contribution in [3.8, 4) is 0 Å². The van der Waals surface area contributed by atoms with Gasteiger partial charge in [0.25, 0.3) is 5.91 Å². The smallest absolute Gasteiger partial charge is 0.258 e. The fraction of sp³-hybridized carbons (Fsp3) is 0.364. The molecule has 2 aliphatic rings. The zero-order valence-electron chi connectivity index (χ0n) is 15.4. The summed E-state index contributed by atoms with van der Waals surface area (Å²) in [5, 5.41) is 6.26. The highest BCUT2D eigenvalue weighted by atomic mass is 16.2. The number of anilines is 2. The van der Waals surface area contributed by atoms with E-state index in [0.29, 0.717) is 24.4 Å². The summed E-state index contributed by atoms with van der Waals surface area (Å²) < 4.78 is 0. The van der Waals surface area contributed by atoms with Crippen LogP contribution in [0.15, 0.2) is 48.5 Å². The third-order valence-corrected chi connectivity index (χ3v) is 5.49. The van der Waals surface area contributed by atoms with Gasteiger partial charge in [-0.25, -0.2) is 0 Å². The van der Waals surface area contributed by atoms with Gasteiger partial charge in [0.15, 0.2) is 0 Å². The number of benzene rings is 2. The number of para-hydroxylation sites is 1. The third-order valence-electron chi connectivity index (χ3n) is 5.49. The Labute approximate surface area is 159 Å². The highest BCUT2D eigenvalue weighted by Crippen LogP contribution is 2.29. The van der Waals surface area contributed by atoms with Crippen LogP contribution >= 0.6 is 0 Å². The molecule has 0 radical (unpaired) electrons. The van der Waals surface area contributed by atoms with E-state index in [0.717, 1.165) is 43.7 Å². The first-order valence-electron chi connectivity index (χ1n) is 9.71. The zero-order chi connectivity index (χ0) is 18.6. The average Bonchev–Trinajstić information content (AvgIpc) is 3.36. The molecule has 2 heterocycles. The molecule has 0 saturated carbocycles. The minimum atomic E-state index is 0.00607. The second-order valence-electron chi connectivity index (χ2n) is 7.36. The van der Waals surface area contributed by atoms with E-state index < -0.39 is 0 Å². The van der Waals surface area contributed by atoms with Crippen molar-refractivity contribution in [2.75, 3.05) is 29.9 Å². The van der Waals surface area contributed by atoms with Gasteiger partial charge in [0.05, 0.1) is 0 Å². The second-order valence-corrected chi connectivity index (χ2v) is 7.36. The van der Waals surface area contributed by atoms with E-state index in [2.05, 4.69) is 16.7 Å². The van der Waals surface area contributed by atoms with Gasteiger partial charge in [-0.15, -0.1) is 0 Å². The number of rotatable bonds is 5. The van der Waals surface area contributed by atoms with Gasteiger partial charge in [-0.3, -0.25) is 9.59 Å². The van der Waals surface area contributed by atoms with E-state index in [4.69, 9.17) is 0 Å². The SMILES string of the molecule is O=C(CCC1CCNC1)Nc1ccc(C(=O)N2CCc3ccccc32)cc1. The number of amides is 2. The molecule has 0 bridgehead atoms. The molecule has 27 heavy (non-hydrogen) atoms. The molecule has 1 atom stereocenters. The van der Waals surface area contributed by atoms with Crippen LogP contribution in [0.3, 0.4) is 0 Å². The average molecular weight is 363 g/mol. The van der Waals surface area contributed by atoms with Crippen LogP contribution in [-0.2, 0) is 11.2 Å². The predicted octanol–water partition coefficient (Wildman–Crippen LogP) is 3.22. The molecule has 0 spiro atoms. The highest BCUT2D eigenvalue weighted by molar-refractivity contribution is 6.07. The summed E-state index contributed by atoms with van der Waals surface area (Å²) in [6.45, 7) is 2.79. The van der Waals surface area contributed by atoms with Gasteiger partial charge in [0.1, 0.15) is 0 Å². The van der Waals surface area contributed by atoms with Crippen molar-refractivity contribution in [2.24, 2.45) is 5.92 Å². The number of fused-ring (bicyclic) bond motifs is 1. The number of carbonyl (C=O) groups excluding carboxylic acids is 2. The summed E-state index contributed by atoms with van der Waals surface area (Å²) >= 11 is 0. The molecule has 2 aliphatic heterocycles. The van der Waals surface area contributed by atoms with Crippen LogP contribution in [0.1, 0.15) is 35.2 Å². The molecule has 2 aromatic carbocycles. The van der Waals surface area contributed by atoms with Crippen LogP contribution in [0, 0.1) is 5.92 Å². The van der Waals surface area contributed by atoms with Gasteiger partial charge >= 0.3 is 0 Å². The van der Waals surface area contributed by atoms with Gasteiger partial charge < -0.3 is 15.5 Å². The van der Waals surface area contributed by atoms with Gasteiger partial charge in [0.2, 0.25) is 5.91 Å². The van der Waals surface area contributed by atoms with E-state index >= 15 is 0 Å². The largest absolute Gasteiger partial charge is 0.326 e. The monoisotopic (exact) mass is 363 g/mol. The molecule has 1 fully saturated rings. The summed E-state index contributed by atoms with van der Waals surface area (Å²) in [4.78, 5) is 26.8. The topological polar surface area (TPSA) is 61.4 Å². The minimum absolute atomic E-state index is 0.00607. The first-order chi connectivity index (χ1) is 13.2. The van der Waals surface area contributed by atoms with Crippen molar-refractivity contribution in [1.82, 2.24) is 5.32 Å². The summed E-state index contributed by atoms with van der Waals surface area (Å²) in [6.07, 6.45) is 3.51. The number of hydrogen-bond acceptors (Lipinski definition) is 3. The maximum atomic E-state index is 12.8. The van der Waals surface area contributed by atoms with Crippen LogP contribution < -0.4 is 15.5 Å². The number of nitrogens with zero attached hydrogens (tertiary/aromatic N) is 1. The van der Waals surface area contributed by atoms with Gasteiger partial charge in [-0.05, 0) is 74.2 Å². The molecule has 140 valence electrons. The molecule has 5 nitrogen and oxygen atoms in total. The first-order valence-corrected chi connectivity index (χ1v) is 9.71. The fourth-order valence-corrected chi connectivity index (χ4v) is 3.92. The lowest BCUT2D eigenvalue weighted by molar-refractivity contribution is -0.116. The molecule has 0 aromatic heterocycles. The van der Waals surface area contributed by atoms with Crippen molar-refractivity contribution in [2.45, 2.75) is 25.7 Å². The summed E-state index contributed by atoms with van der Waals surface area (Å²) in [5.74, 6) is 0.653. The van der Waals surface area contributed by atoms with E-state index in [1.807, 2.05) is 35.2 Å². The maximum Gasteiger partial charge on any atom is 0.258 e. The first kappa shape index (κ1) is 17.7. The Balaban J connectivity index is 1.34. The lowest BCUT2D eigenvalue weighted by Gasteiger charge is -2.17. The second kappa shape index (κ2) is 7.92. The van der Waals surface area contributed by atoms with Crippen molar-refractivity contribution >= 4 is 23.2 Å². The standard InChI is InChI=1S/C22H25N3O2/c26-21(10-5-16-11-13-23-15-16)24-19-8-6-18(7-9-19)22(27)25-14-12-17-3-1-2-4-20(17)25/h1-4,6-9,16,23H,5,10-15H2,(H,24,26). The van der Waals surface area contributed by atoms with Crippen molar-refractivity contribution in [3.63, 3.8) is 0 Å². The van der Waals surface area contributed by atoms with E-state index in [1.54, 1.807) is 12.1 Å². The minimum Gasteiger partial charge on any atom is -0.326 e. The van der Waals surface area contributed by atoms with Crippen molar-refractivity contribution < 1.29 is 9.59 Å². The molecule has 1 unspecified atom stereocenters. The summed E-state index contributed by atoms with van der Waals surface area (Å²) in [6, 6.07) is 15.2. The Morgan fingerprint density at radius 1 is 1.11 bits per heavy atom. The predicted molar refractivity (Wildman–Crippen MR) is 107 cm³/mol. The van der Waals surface area contributed by atoms with Crippen LogP contribution in [0.2, 0.25) is 0 Å². The van der Waals surface area contributed by atoms with E-state index in [-0.39, 0.29) is 11.8 Å². The van der Waals surface area contributed by atoms with E-state index in [1.165, 1.54) is 5.56 Å². The Kier molecular flexibility index (Phi) is 5.21. The molecule has 2 amide bonds. The Bertz CT molecular complexity index is 826. The quantitative estimate of drug-likeness (QED) is 0.857. The molecule has 1 saturated heterocycles. The maximum absolute atomic E-state index is 12.8. The Hall–Kier alpha value is -2.66. The number of carbonyl (C=O) groups is 2.